The first-order chi connectivity index (χ1) is 9.57. The van der Waals surface area contributed by atoms with Crippen LogP contribution in [-0.4, -0.2) is 58.3 Å². The van der Waals surface area contributed by atoms with Crippen LogP contribution in [0.15, 0.2) is 17.3 Å². The number of aliphatic hydroxyl groups excluding tert-OH is 1. The van der Waals surface area contributed by atoms with E-state index in [0.29, 0.717) is 31.3 Å². The minimum Gasteiger partial charge on any atom is -0.396 e. The molecule has 1 aliphatic heterocycles. The zero-order valence-electron chi connectivity index (χ0n) is 11.6. The smallest absolute Gasteiger partial charge is 0.246 e. The Morgan fingerprint density at radius 2 is 2.35 bits per heavy atom. The molecule has 2 heterocycles. The maximum atomic E-state index is 12.5. The molecule has 1 fully saturated rings. The summed E-state index contributed by atoms with van der Waals surface area (Å²) in [6.07, 6.45) is 4.50. The van der Waals surface area contributed by atoms with Crippen molar-refractivity contribution >= 4 is 21.8 Å². The molecular formula is C12H21N3O3S2. The highest BCUT2D eigenvalue weighted by molar-refractivity contribution is 8.00. The van der Waals surface area contributed by atoms with Crippen molar-refractivity contribution in [2.24, 2.45) is 0 Å². The van der Waals surface area contributed by atoms with Crippen LogP contribution in [0.2, 0.25) is 0 Å². The Hall–Kier alpha value is -0.570. The lowest BCUT2D eigenvalue weighted by Crippen LogP contribution is -2.41. The van der Waals surface area contributed by atoms with E-state index in [9.17, 15) is 8.42 Å². The van der Waals surface area contributed by atoms with E-state index < -0.39 is 10.0 Å². The second-order valence-corrected chi connectivity index (χ2v) is 8.13. The molecule has 6 nitrogen and oxygen atoms in total. The molecule has 1 aliphatic rings. The Morgan fingerprint density at radius 1 is 1.55 bits per heavy atom. The number of aryl methyl sites for hydroxylation is 1. The van der Waals surface area contributed by atoms with Gasteiger partial charge in [0.05, 0.1) is 6.20 Å². The minimum absolute atomic E-state index is 0.0729. The number of thioether (sulfide) groups is 1. The third-order valence-corrected chi connectivity index (χ3v) is 6.54. The number of sulfonamides is 1. The average Bonchev–Trinajstić information content (AvgIpc) is 2.94. The van der Waals surface area contributed by atoms with Gasteiger partial charge < -0.3 is 5.11 Å². The summed E-state index contributed by atoms with van der Waals surface area (Å²) in [5.41, 5.74) is 0. The summed E-state index contributed by atoms with van der Waals surface area (Å²) < 4.78 is 28.2. The van der Waals surface area contributed by atoms with Crippen molar-refractivity contribution in [3.63, 3.8) is 0 Å². The molecule has 0 saturated carbocycles. The van der Waals surface area contributed by atoms with Crippen molar-refractivity contribution in [1.82, 2.24) is 14.1 Å². The second kappa shape index (κ2) is 6.93. The quantitative estimate of drug-likeness (QED) is 0.839. The molecule has 0 amide bonds. The normalized spacial score (nSPS) is 21.2. The summed E-state index contributed by atoms with van der Waals surface area (Å²) in [7, 11) is -3.44. The molecule has 114 valence electrons. The first kappa shape index (κ1) is 15.8. The summed E-state index contributed by atoms with van der Waals surface area (Å²) in [4.78, 5) is 0.247. The van der Waals surface area contributed by atoms with Gasteiger partial charge in [0.25, 0.3) is 0 Å². The summed E-state index contributed by atoms with van der Waals surface area (Å²) in [5.74, 6) is 0.844. The number of aliphatic hydroxyl groups is 1. The second-order valence-electron chi connectivity index (χ2n) is 4.78. The van der Waals surface area contributed by atoms with Gasteiger partial charge in [0.15, 0.2) is 0 Å². The number of rotatable bonds is 6. The maximum Gasteiger partial charge on any atom is 0.246 e. The Labute approximate surface area is 124 Å². The first-order valence-electron chi connectivity index (χ1n) is 6.83. The molecule has 0 aliphatic carbocycles. The summed E-state index contributed by atoms with van der Waals surface area (Å²) in [5, 5.41) is 13.2. The summed E-state index contributed by atoms with van der Waals surface area (Å²) >= 11 is 1.84. The van der Waals surface area contributed by atoms with Crippen molar-refractivity contribution in [2.45, 2.75) is 36.5 Å². The Morgan fingerprint density at radius 3 is 3.05 bits per heavy atom. The molecule has 0 bridgehead atoms. The zero-order valence-corrected chi connectivity index (χ0v) is 13.2. The van der Waals surface area contributed by atoms with Gasteiger partial charge in [-0.05, 0) is 12.8 Å². The molecule has 20 heavy (non-hydrogen) atoms. The van der Waals surface area contributed by atoms with E-state index in [1.807, 2.05) is 11.8 Å². The zero-order chi connectivity index (χ0) is 14.6. The van der Waals surface area contributed by atoms with Gasteiger partial charge in [-0.15, -0.1) is 0 Å². The van der Waals surface area contributed by atoms with Gasteiger partial charge in [-0.2, -0.15) is 21.2 Å². The number of nitrogens with zero attached hydrogens (tertiary/aromatic N) is 3. The Bertz CT molecular complexity index is 530. The lowest BCUT2D eigenvalue weighted by molar-refractivity contribution is 0.277. The van der Waals surface area contributed by atoms with Crippen LogP contribution in [0.4, 0.5) is 0 Å². The lowest BCUT2D eigenvalue weighted by atomic mass is 10.3. The predicted octanol–water partition coefficient (Wildman–Crippen LogP) is 0.782. The maximum absolute atomic E-state index is 12.5. The fourth-order valence-electron chi connectivity index (χ4n) is 2.14. The van der Waals surface area contributed by atoms with Gasteiger partial charge in [-0.3, -0.25) is 4.68 Å². The Kier molecular flexibility index (Phi) is 5.48. The predicted molar refractivity (Wildman–Crippen MR) is 79.2 cm³/mol. The molecule has 0 radical (unpaired) electrons. The van der Waals surface area contributed by atoms with Crippen LogP contribution in [0, 0.1) is 0 Å². The molecule has 1 saturated heterocycles. The van der Waals surface area contributed by atoms with Gasteiger partial charge in [-0.1, -0.05) is 6.92 Å². The van der Waals surface area contributed by atoms with Gasteiger partial charge in [0, 0.05) is 43.4 Å². The van der Waals surface area contributed by atoms with Crippen molar-refractivity contribution in [2.75, 3.05) is 25.4 Å². The van der Waals surface area contributed by atoms with Crippen LogP contribution in [0.5, 0.6) is 0 Å². The van der Waals surface area contributed by atoms with E-state index in [-0.39, 0.29) is 11.5 Å². The van der Waals surface area contributed by atoms with Crippen molar-refractivity contribution in [3.05, 3.63) is 12.4 Å². The van der Waals surface area contributed by atoms with Gasteiger partial charge in [0.1, 0.15) is 4.90 Å². The molecule has 1 N–H and O–H groups in total. The molecule has 0 spiro atoms. The van der Waals surface area contributed by atoms with Crippen LogP contribution < -0.4 is 0 Å². The summed E-state index contributed by atoms with van der Waals surface area (Å²) in [6.45, 7) is 3.82. The molecule has 1 aromatic heterocycles. The molecule has 1 atom stereocenters. The fourth-order valence-corrected chi connectivity index (χ4v) is 4.97. The van der Waals surface area contributed by atoms with Gasteiger partial charge in [-0.25, -0.2) is 8.42 Å². The highest BCUT2D eigenvalue weighted by atomic mass is 32.2. The number of hydrogen-bond acceptors (Lipinski definition) is 5. The third-order valence-electron chi connectivity index (χ3n) is 3.35. The Balaban J connectivity index is 2.11. The van der Waals surface area contributed by atoms with Gasteiger partial charge in [0.2, 0.25) is 10.0 Å². The van der Waals surface area contributed by atoms with Crippen LogP contribution in [0.25, 0.3) is 0 Å². The van der Waals surface area contributed by atoms with Crippen LogP contribution >= 0.6 is 11.8 Å². The SMILES string of the molecule is CCC1CN(S(=O)(=O)c2cnn(CCCO)c2)CCS1. The fraction of sp³-hybridized carbons (Fsp3) is 0.750. The lowest BCUT2D eigenvalue weighted by Gasteiger charge is -2.30. The number of hydrogen-bond donors (Lipinski definition) is 1. The highest BCUT2D eigenvalue weighted by Gasteiger charge is 2.30. The highest BCUT2D eigenvalue weighted by Crippen LogP contribution is 2.25. The van der Waals surface area contributed by atoms with E-state index in [1.54, 1.807) is 15.2 Å². The monoisotopic (exact) mass is 319 g/mol. The van der Waals surface area contributed by atoms with Crippen molar-refractivity contribution < 1.29 is 13.5 Å². The van der Waals surface area contributed by atoms with Crippen molar-refractivity contribution in [3.8, 4) is 0 Å². The molecule has 0 aromatic carbocycles. The first-order valence-corrected chi connectivity index (χ1v) is 9.32. The van der Waals surface area contributed by atoms with E-state index in [1.165, 1.54) is 6.20 Å². The van der Waals surface area contributed by atoms with Crippen LogP contribution in [-0.2, 0) is 16.6 Å². The average molecular weight is 319 g/mol. The minimum atomic E-state index is -3.44. The topological polar surface area (TPSA) is 75.4 Å². The summed E-state index contributed by atoms with van der Waals surface area (Å²) in [6, 6.07) is 0. The molecule has 1 unspecified atom stereocenters. The van der Waals surface area contributed by atoms with E-state index >= 15 is 0 Å². The third kappa shape index (κ3) is 3.55. The molecule has 8 heteroatoms. The largest absolute Gasteiger partial charge is 0.396 e. The number of aromatic nitrogens is 2. The van der Waals surface area contributed by atoms with E-state index in [4.69, 9.17) is 5.11 Å². The van der Waals surface area contributed by atoms with E-state index in [0.717, 1.165) is 12.2 Å². The van der Waals surface area contributed by atoms with Crippen LogP contribution in [0.1, 0.15) is 19.8 Å². The van der Waals surface area contributed by atoms with Crippen LogP contribution in [0.3, 0.4) is 0 Å². The molecule has 1 aromatic rings. The van der Waals surface area contributed by atoms with E-state index in [2.05, 4.69) is 12.0 Å². The van der Waals surface area contributed by atoms with Gasteiger partial charge >= 0.3 is 0 Å². The standard InChI is InChI=1S/C12H21N3O3S2/c1-2-11-9-15(5-7-19-11)20(17,18)12-8-13-14(10-12)4-3-6-16/h8,10-11,16H,2-7,9H2,1H3. The molecule has 2 rings (SSSR count). The molecular weight excluding hydrogens is 298 g/mol. The van der Waals surface area contributed by atoms with Crippen molar-refractivity contribution in [1.29, 1.82) is 0 Å².